The molecule has 0 rings (SSSR count). The van der Waals surface area contributed by atoms with Gasteiger partial charge < -0.3 is 32.5 Å². The molecule has 12 heteroatoms. The lowest BCUT2D eigenvalue weighted by Crippen LogP contribution is -2.57. The Hall–Kier alpha value is -1.50. The Morgan fingerprint density at radius 3 is 2.07 bits per heavy atom. The maximum absolute atomic E-state index is 12.7. The van der Waals surface area contributed by atoms with Crippen LogP contribution >= 0.6 is 24.4 Å². The highest BCUT2D eigenvalue weighted by atomic mass is 32.2. The maximum Gasteiger partial charge on any atom is 0.325 e. The van der Waals surface area contributed by atoms with Crippen LogP contribution in [-0.4, -0.2) is 77.3 Å². The monoisotopic (exact) mass is 451 g/mol. The number of nitrogens with two attached hydrogens (primary N) is 2. The zero-order valence-corrected chi connectivity index (χ0v) is 18.6. The van der Waals surface area contributed by atoms with Gasteiger partial charge in [-0.05, 0) is 51.2 Å². The Kier molecular flexibility index (Phi) is 14.6. The third kappa shape index (κ3) is 11.3. The highest BCUT2D eigenvalue weighted by Crippen LogP contribution is 2.06. The highest BCUT2D eigenvalue weighted by Gasteiger charge is 2.28. The number of rotatable bonds is 15. The molecule has 0 aliphatic heterocycles. The van der Waals surface area contributed by atoms with Gasteiger partial charge in [0.25, 0.3) is 0 Å². The summed E-state index contributed by atoms with van der Waals surface area (Å²) in [4.78, 5) is 48.3. The number of carbonyl (C=O) groups excluding carboxylic acids is 3. The van der Waals surface area contributed by atoms with E-state index in [4.69, 9.17) is 16.6 Å². The van der Waals surface area contributed by atoms with E-state index >= 15 is 0 Å². The minimum absolute atomic E-state index is 0.125. The van der Waals surface area contributed by atoms with Gasteiger partial charge >= 0.3 is 5.97 Å². The summed E-state index contributed by atoms with van der Waals surface area (Å²) in [6.07, 6.45) is 3.73. The Morgan fingerprint density at radius 1 is 1.00 bits per heavy atom. The largest absolute Gasteiger partial charge is 0.480 e. The summed E-state index contributed by atoms with van der Waals surface area (Å²) in [6.45, 7) is 1.77. The Morgan fingerprint density at radius 2 is 1.55 bits per heavy atom. The first-order chi connectivity index (χ1) is 13.7. The van der Waals surface area contributed by atoms with E-state index in [9.17, 15) is 19.2 Å². The van der Waals surface area contributed by atoms with Crippen molar-refractivity contribution in [1.82, 2.24) is 16.0 Å². The molecule has 0 aliphatic rings. The van der Waals surface area contributed by atoms with Crippen LogP contribution in [0.25, 0.3) is 0 Å². The average Bonchev–Trinajstić information content (AvgIpc) is 2.69. The maximum atomic E-state index is 12.7. The first kappa shape index (κ1) is 27.5. The van der Waals surface area contributed by atoms with E-state index in [0.29, 0.717) is 38.0 Å². The van der Waals surface area contributed by atoms with Crippen molar-refractivity contribution in [3.8, 4) is 0 Å². The zero-order chi connectivity index (χ0) is 22.4. The lowest BCUT2D eigenvalue weighted by molar-refractivity contribution is -0.141. The van der Waals surface area contributed by atoms with Crippen molar-refractivity contribution < 1.29 is 24.3 Å². The van der Waals surface area contributed by atoms with Gasteiger partial charge in [-0.1, -0.05) is 0 Å². The van der Waals surface area contributed by atoms with E-state index in [1.54, 1.807) is 0 Å². The van der Waals surface area contributed by atoms with Crippen LogP contribution in [0, 0.1) is 0 Å². The van der Waals surface area contributed by atoms with Gasteiger partial charge in [0.15, 0.2) is 0 Å². The molecule has 0 spiro atoms. The lowest BCUT2D eigenvalue weighted by atomic mass is 10.1. The topological polar surface area (TPSA) is 177 Å². The molecule has 0 aromatic heterocycles. The molecule has 10 nitrogen and oxygen atoms in total. The van der Waals surface area contributed by atoms with Crippen LogP contribution in [0.3, 0.4) is 0 Å². The molecule has 8 N–H and O–H groups in total. The standard InChI is InChI=1S/C17H33N5O5S2/c1-10(17(26)27)20-15(24)12(5-3-4-7-18)22-16(25)13(6-8-29-2)21-14(23)11(19)9-28/h10-13,28H,3-9,18-19H2,1-2H3,(H,20,24)(H,21,23)(H,22,25)(H,26,27). The Balaban J connectivity index is 5.22. The number of nitrogens with one attached hydrogen (secondary N) is 3. The lowest BCUT2D eigenvalue weighted by Gasteiger charge is -2.24. The van der Waals surface area contributed by atoms with E-state index in [1.807, 2.05) is 6.26 Å². The molecule has 29 heavy (non-hydrogen) atoms. The number of amides is 3. The number of unbranched alkanes of at least 4 members (excludes halogenated alkanes) is 1. The van der Waals surface area contributed by atoms with Gasteiger partial charge in [-0.25, -0.2) is 0 Å². The molecule has 0 aliphatic carbocycles. The van der Waals surface area contributed by atoms with E-state index in [1.165, 1.54) is 18.7 Å². The van der Waals surface area contributed by atoms with Crippen LogP contribution in [-0.2, 0) is 19.2 Å². The van der Waals surface area contributed by atoms with Gasteiger partial charge in [-0.3, -0.25) is 19.2 Å². The molecule has 0 radical (unpaired) electrons. The second kappa shape index (κ2) is 15.4. The van der Waals surface area contributed by atoms with Crippen molar-refractivity contribution in [2.75, 3.05) is 24.3 Å². The summed E-state index contributed by atoms with van der Waals surface area (Å²) in [6, 6.07) is -3.77. The summed E-state index contributed by atoms with van der Waals surface area (Å²) in [7, 11) is 0. The van der Waals surface area contributed by atoms with Gasteiger partial charge in [0, 0.05) is 5.75 Å². The van der Waals surface area contributed by atoms with Crippen molar-refractivity contribution in [2.45, 2.75) is 56.8 Å². The number of hydrogen-bond acceptors (Lipinski definition) is 8. The minimum atomic E-state index is -1.18. The predicted molar refractivity (Wildman–Crippen MR) is 117 cm³/mol. The number of carboxylic acids is 1. The fourth-order valence-corrected chi connectivity index (χ4v) is 2.91. The smallest absolute Gasteiger partial charge is 0.325 e. The fraction of sp³-hybridized carbons (Fsp3) is 0.765. The quantitative estimate of drug-likeness (QED) is 0.118. The van der Waals surface area contributed by atoms with E-state index in [2.05, 4.69) is 28.6 Å². The van der Waals surface area contributed by atoms with Crippen LogP contribution < -0.4 is 27.4 Å². The van der Waals surface area contributed by atoms with Crippen molar-refractivity contribution in [2.24, 2.45) is 11.5 Å². The van der Waals surface area contributed by atoms with Crippen molar-refractivity contribution in [3.63, 3.8) is 0 Å². The molecule has 0 heterocycles. The van der Waals surface area contributed by atoms with Crippen LogP contribution in [0.2, 0.25) is 0 Å². The van der Waals surface area contributed by atoms with Gasteiger partial charge in [0.05, 0.1) is 6.04 Å². The summed E-state index contributed by atoms with van der Waals surface area (Å²) in [5, 5.41) is 16.5. The molecule has 0 saturated carbocycles. The first-order valence-electron chi connectivity index (χ1n) is 9.37. The van der Waals surface area contributed by atoms with Crippen LogP contribution in [0.15, 0.2) is 0 Å². The number of thiol groups is 1. The molecular weight excluding hydrogens is 418 g/mol. The first-order valence-corrected chi connectivity index (χ1v) is 11.4. The van der Waals surface area contributed by atoms with Gasteiger partial charge in [0.2, 0.25) is 17.7 Å². The summed E-state index contributed by atoms with van der Waals surface area (Å²) < 4.78 is 0. The predicted octanol–water partition coefficient (Wildman–Crippen LogP) is -1.32. The molecule has 168 valence electrons. The molecule has 0 bridgehead atoms. The number of hydrogen-bond donors (Lipinski definition) is 7. The van der Waals surface area contributed by atoms with Crippen LogP contribution in [0.4, 0.5) is 0 Å². The van der Waals surface area contributed by atoms with E-state index in [-0.39, 0.29) is 5.75 Å². The summed E-state index contributed by atoms with van der Waals surface area (Å²) in [5.74, 6) is -2.10. The van der Waals surface area contributed by atoms with Gasteiger partial charge in [-0.15, -0.1) is 0 Å². The van der Waals surface area contributed by atoms with E-state index < -0.39 is 47.9 Å². The average molecular weight is 452 g/mol. The van der Waals surface area contributed by atoms with Crippen LogP contribution in [0.5, 0.6) is 0 Å². The third-order valence-electron chi connectivity index (χ3n) is 4.09. The zero-order valence-electron chi connectivity index (χ0n) is 16.8. The molecule has 0 aromatic carbocycles. The van der Waals surface area contributed by atoms with Crippen molar-refractivity contribution in [3.05, 3.63) is 0 Å². The highest BCUT2D eigenvalue weighted by molar-refractivity contribution is 7.98. The number of carboxylic acid groups (broad SMARTS) is 1. The van der Waals surface area contributed by atoms with Gasteiger partial charge in [-0.2, -0.15) is 24.4 Å². The van der Waals surface area contributed by atoms with Crippen LogP contribution in [0.1, 0.15) is 32.6 Å². The summed E-state index contributed by atoms with van der Waals surface area (Å²) in [5.41, 5.74) is 11.1. The SMILES string of the molecule is CSCCC(NC(=O)C(N)CS)C(=O)NC(CCCCN)C(=O)NC(C)C(=O)O. The molecule has 0 aromatic rings. The number of thioether (sulfide) groups is 1. The van der Waals surface area contributed by atoms with E-state index in [0.717, 1.165) is 0 Å². The second-order valence-corrected chi connectivity index (χ2v) is 7.90. The Bertz CT molecular complexity index is 552. The number of aliphatic carboxylic acids is 1. The Labute approximate surface area is 181 Å². The summed E-state index contributed by atoms with van der Waals surface area (Å²) >= 11 is 5.48. The third-order valence-corrected chi connectivity index (χ3v) is 5.12. The van der Waals surface area contributed by atoms with Crippen molar-refractivity contribution in [1.29, 1.82) is 0 Å². The van der Waals surface area contributed by atoms with Gasteiger partial charge in [0.1, 0.15) is 18.1 Å². The fourth-order valence-electron chi connectivity index (χ4n) is 2.28. The molecule has 0 saturated heterocycles. The molecular formula is C17H33N5O5S2. The minimum Gasteiger partial charge on any atom is -0.480 e. The number of carbonyl (C=O) groups is 4. The second-order valence-electron chi connectivity index (χ2n) is 6.55. The molecule has 4 unspecified atom stereocenters. The molecule has 4 atom stereocenters. The normalized spacial score (nSPS) is 14.9. The molecule has 0 fully saturated rings. The molecule has 3 amide bonds. The van der Waals surface area contributed by atoms with Crippen molar-refractivity contribution >= 4 is 48.1 Å².